The highest BCUT2D eigenvalue weighted by molar-refractivity contribution is 7.18. The lowest BCUT2D eigenvalue weighted by Crippen LogP contribution is -2.30. The second kappa shape index (κ2) is 8.41. The third kappa shape index (κ3) is 4.60. The molecular weight excluding hydrogens is 384 g/mol. The summed E-state index contributed by atoms with van der Waals surface area (Å²) in [6, 6.07) is 21.5. The van der Waals surface area contributed by atoms with E-state index in [1.807, 2.05) is 66.7 Å². The molecule has 1 heterocycles. The summed E-state index contributed by atoms with van der Waals surface area (Å²) in [6.07, 6.45) is -0.186. The van der Waals surface area contributed by atoms with E-state index in [2.05, 4.69) is 10.3 Å². The van der Waals surface area contributed by atoms with Crippen molar-refractivity contribution in [3.05, 3.63) is 71.7 Å². The fourth-order valence-electron chi connectivity index (χ4n) is 3.06. The molecule has 146 valence electrons. The van der Waals surface area contributed by atoms with Crippen LogP contribution < -0.4 is 5.32 Å². The number of para-hydroxylation sites is 1. The van der Waals surface area contributed by atoms with E-state index >= 15 is 0 Å². The van der Waals surface area contributed by atoms with E-state index in [9.17, 15) is 9.59 Å². The number of ether oxygens (including phenoxy) is 1. The van der Waals surface area contributed by atoms with E-state index in [-0.39, 0.29) is 12.3 Å². The Labute approximate surface area is 172 Å². The Morgan fingerprint density at radius 1 is 1.03 bits per heavy atom. The number of nitrogens with one attached hydrogen (secondary N) is 1. The van der Waals surface area contributed by atoms with Crippen molar-refractivity contribution in [2.75, 3.05) is 5.32 Å². The van der Waals surface area contributed by atoms with Crippen LogP contribution in [0, 0.1) is 0 Å². The molecule has 0 saturated heterocycles. The fraction of sp³-hybridized carbons (Fsp3) is 0.174. The number of hydrogen-bond acceptors (Lipinski definition) is 5. The SMILES string of the molecule is C[C@@H](OC(=O)CCc1nc2ccccc2s1)C(=O)Nc1ccc2ccccc2c1. The highest BCUT2D eigenvalue weighted by Gasteiger charge is 2.18. The summed E-state index contributed by atoms with van der Waals surface area (Å²) in [5.41, 5.74) is 1.61. The summed E-state index contributed by atoms with van der Waals surface area (Å²) in [6.45, 7) is 1.58. The van der Waals surface area contributed by atoms with Gasteiger partial charge in [-0.2, -0.15) is 0 Å². The Balaban J connectivity index is 1.30. The molecule has 0 aliphatic carbocycles. The molecule has 6 heteroatoms. The topological polar surface area (TPSA) is 68.3 Å². The van der Waals surface area contributed by atoms with Crippen LogP contribution in [0.5, 0.6) is 0 Å². The molecule has 4 aromatic rings. The number of aryl methyl sites for hydroxylation is 1. The van der Waals surface area contributed by atoms with Crippen LogP contribution in [-0.2, 0) is 20.7 Å². The number of thiazole rings is 1. The van der Waals surface area contributed by atoms with Crippen LogP contribution in [0.1, 0.15) is 18.4 Å². The molecule has 0 bridgehead atoms. The lowest BCUT2D eigenvalue weighted by molar-refractivity contribution is -0.153. The van der Waals surface area contributed by atoms with Gasteiger partial charge in [0.1, 0.15) is 0 Å². The van der Waals surface area contributed by atoms with E-state index in [4.69, 9.17) is 4.74 Å². The molecule has 3 aromatic carbocycles. The number of hydrogen-bond donors (Lipinski definition) is 1. The first kappa shape index (κ1) is 19.1. The van der Waals surface area contributed by atoms with Crippen molar-refractivity contribution in [3.8, 4) is 0 Å². The van der Waals surface area contributed by atoms with E-state index in [0.717, 1.165) is 26.0 Å². The summed E-state index contributed by atoms with van der Waals surface area (Å²) in [7, 11) is 0. The molecule has 1 N–H and O–H groups in total. The average molecular weight is 404 g/mol. The number of nitrogens with zero attached hydrogens (tertiary/aromatic N) is 1. The van der Waals surface area contributed by atoms with Crippen molar-refractivity contribution in [1.29, 1.82) is 0 Å². The molecule has 0 unspecified atom stereocenters. The molecule has 29 heavy (non-hydrogen) atoms. The summed E-state index contributed by atoms with van der Waals surface area (Å²) in [4.78, 5) is 29.0. The predicted molar refractivity (Wildman–Crippen MR) is 116 cm³/mol. The summed E-state index contributed by atoms with van der Waals surface area (Å²) >= 11 is 1.57. The maximum absolute atomic E-state index is 12.4. The first-order chi connectivity index (χ1) is 14.1. The first-order valence-electron chi connectivity index (χ1n) is 9.42. The fourth-order valence-corrected chi connectivity index (χ4v) is 4.02. The number of benzene rings is 3. The zero-order valence-electron chi connectivity index (χ0n) is 15.9. The molecule has 0 radical (unpaired) electrons. The number of rotatable bonds is 6. The lowest BCUT2D eigenvalue weighted by Gasteiger charge is -2.13. The van der Waals surface area contributed by atoms with Crippen LogP contribution in [0.2, 0.25) is 0 Å². The first-order valence-corrected chi connectivity index (χ1v) is 10.2. The molecule has 5 nitrogen and oxygen atoms in total. The molecule has 0 aliphatic heterocycles. The number of aromatic nitrogens is 1. The summed E-state index contributed by atoms with van der Waals surface area (Å²) in [5.74, 6) is -0.765. The van der Waals surface area contributed by atoms with Crippen molar-refractivity contribution < 1.29 is 14.3 Å². The van der Waals surface area contributed by atoms with Gasteiger partial charge in [-0.25, -0.2) is 4.98 Å². The van der Waals surface area contributed by atoms with E-state index in [0.29, 0.717) is 12.1 Å². The zero-order valence-corrected chi connectivity index (χ0v) is 16.7. The van der Waals surface area contributed by atoms with Gasteiger partial charge in [0.25, 0.3) is 5.91 Å². The van der Waals surface area contributed by atoms with Crippen LogP contribution in [0.3, 0.4) is 0 Å². The van der Waals surface area contributed by atoms with Gasteiger partial charge in [0.05, 0.1) is 21.6 Å². The van der Waals surface area contributed by atoms with Crippen molar-refractivity contribution in [2.24, 2.45) is 0 Å². The van der Waals surface area contributed by atoms with E-state index in [1.165, 1.54) is 0 Å². The molecule has 1 atom stereocenters. The average Bonchev–Trinajstić information content (AvgIpc) is 3.15. The summed E-state index contributed by atoms with van der Waals surface area (Å²) < 4.78 is 6.39. The van der Waals surface area contributed by atoms with Gasteiger partial charge in [0, 0.05) is 12.1 Å². The molecule has 0 fully saturated rings. The summed E-state index contributed by atoms with van der Waals surface area (Å²) in [5, 5.41) is 5.82. The van der Waals surface area contributed by atoms with Crippen LogP contribution in [0.4, 0.5) is 5.69 Å². The van der Waals surface area contributed by atoms with Gasteiger partial charge < -0.3 is 10.1 Å². The molecule has 1 amide bonds. The van der Waals surface area contributed by atoms with Crippen LogP contribution in [0.15, 0.2) is 66.7 Å². The Hall–Kier alpha value is -3.25. The quantitative estimate of drug-likeness (QED) is 0.462. The molecule has 1 aromatic heterocycles. The Kier molecular flexibility index (Phi) is 5.53. The Bertz CT molecular complexity index is 1150. The molecule has 0 aliphatic rings. The normalized spacial score (nSPS) is 12.0. The van der Waals surface area contributed by atoms with Crippen molar-refractivity contribution in [3.63, 3.8) is 0 Å². The molecule has 0 spiro atoms. The number of carbonyl (C=O) groups is 2. The van der Waals surface area contributed by atoms with Gasteiger partial charge in [0.15, 0.2) is 6.10 Å². The second-order valence-corrected chi connectivity index (χ2v) is 7.87. The van der Waals surface area contributed by atoms with Crippen molar-refractivity contribution in [2.45, 2.75) is 25.9 Å². The number of fused-ring (bicyclic) bond motifs is 2. The predicted octanol–water partition coefficient (Wildman–Crippen LogP) is 4.95. The van der Waals surface area contributed by atoms with Crippen LogP contribution in [-0.4, -0.2) is 23.0 Å². The Morgan fingerprint density at radius 2 is 1.79 bits per heavy atom. The van der Waals surface area contributed by atoms with Gasteiger partial charge in [0.2, 0.25) is 0 Å². The van der Waals surface area contributed by atoms with Crippen LogP contribution >= 0.6 is 11.3 Å². The highest BCUT2D eigenvalue weighted by Crippen LogP contribution is 2.23. The highest BCUT2D eigenvalue weighted by atomic mass is 32.1. The third-order valence-corrected chi connectivity index (χ3v) is 5.67. The van der Waals surface area contributed by atoms with Crippen LogP contribution in [0.25, 0.3) is 21.0 Å². The van der Waals surface area contributed by atoms with Crippen molar-refractivity contribution in [1.82, 2.24) is 4.98 Å². The van der Waals surface area contributed by atoms with Gasteiger partial charge in [-0.15, -0.1) is 11.3 Å². The molecular formula is C23H20N2O3S. The minimum Gasteiger partial charge on any atom is -0.453 e. The molecule has 0 saturated carbocycles. The molecule has 4 rings (SSSR count). The van der Waals surface area contributed by atoms with Gasteiger partial charge in [-0.3, -0.25) is 9.59 Å². The van der Waals surface area contributed by atoms with Gasteiger partial charge in [-0.05, 0) is 42.0 Å². The smallest absolute Gasteiger partial charge is 0.306 e. The maximum atomic E-state index is 12.4. The lowest BCUT2D eigenvalue weighted by atomic mass is 10.1. The zero-order chi connectivity index (χ0) is 20.2. The van der Waals surface area contributed by atoms with Gasteiger partial charge >= 0.3 is 5.97 Å². The largest absolute Gasteiger partial charge is 0.453 e. The second-order valence-electron chi connectivity index (χ2n) is 6.76. The monoisotopic (exact) mass is 404 g/mol. The number of amides is 1. The standard InChI is InChI=1S/C23H20N2O3S/c1-15(23(27)24-18-11-10-16-6-2-3-7-17(16)14-18)28-22(26)13-12-21-25-19-8-4-5-9-20(19)29-21/h2-11,14-15H,12-13H2,1H3,(H,24,27)/t15-/m1/s1. The number of esters is 1. The number of carbonyl (C=O) groups excluding carboxylic acids is 2. The van der Waals surface area contributed by atoms with E-state index < -0.39 is 12.1 Å². The Morgan fingerprint density at radius 3 is 2.62 bits per heavy atom. The van der Waals surface area contributed by atoms with Crippen molar-refractivity contribution >= 4 is 49.9 Å². The van der Waals surface area contributed by atoms with Gasteiger partial charge in [-0.1, -0.05) is 42.5 Å². The third-order valence-electron chi connectivity index (χ3n) is 4.58. The van der Waals surface area contributed by atoms with E-state index in [1.54, 1.807) is 18.3 Å². The minimum absolute atomic E-state index is 0.188. The maximum Gasteiger partial charge on any atom is 0.306 e. The minimum atomic E-state index is -0.871. The number of anilines is 1.